The monoisotopic (exact) mass is 333 g/mol. The molecule has 0 bridgehead atoms. The number of nitrogens with one attached hydrogen (secondary N) is 1. The van der Waals surface area contributed by atoms with Crippen molar-refractivity contribution in [2.45, 2.75) is 58.9 Å². The van der Waals surface area contributed by atoms with Crippen molar-refractivity contribution in [1.29, 1.82) is 0 Å². The number of halogens is 3. The lowest BCUT2D eigenvalue weighted by molar-refractivity contribution is 0.497. The number of rotatable bonds is 9. The van der Waals surface area contributed by atoms with Gasteiger partial charge in [0.05, 0.1) is 5.02 Å². The molecule has 1 nitrogen and oxygen atoms in total. The molecule has 0 aliphatic heterocycles. The quantitative estimate of drug-likeness (QED) is 0.407. The van der Waals surface area contributed by atoms with E-state index in [2.05, 4.69) is 19.2 Å². The van der Waals surface area contributed by atoms with Gasteiger partial charge in [-0.2, -0.15) is 0 Å². The van der Waals surface area contributed by atoms with Crippen LogP contribution in [0.2, 0.25) is 10.0 Å². The van der Waals surface area contributed by atoms with E-state index in [0.717, 1.165) is 24.4 Å². The van der Waals surface area contributed by atoms with Crippen LogP contribution in [0, 0.1) is 11.7 Å². The van der Waals surface area contributed by atoms with Crippen LogP contribution in [-0.2, 0) is 0 Å². The third kappa shape index (κ3) is 6.99. The standard InChI is InChI=1S/C17H26Cl2FN/c1-12(2)8-6-4-5-7-9-21-13(3)14-10-17(20)16(19)11-15(14)18/h10-13,21H,4-9H2,1-3H3. The molecule has 0 fully saturated rings. The first-order valence-corrected chi connectivity index (χ1v) is 8.55. The zero-order valence-corrected chi connectivity index (χ0v) is 14.7. The van der Waals surface area contributed by atoms with Crippen molar-refractivity contribution >= 4 is 23.2 Å². The molecule has 0 aliphatic rings. The molecule has 0 saturated carbocycles. The first-order chi connectivity index (χ1) is 9.91. The second-order valence-electron chi connectivity index (χ2n) is 6.06. The Morgan fingerprint density at radius 3 is 2.33 bits per heavy atom. The summed E-state index contributed by atoms with van der Waals surface area (Å²) < 4.78 is 13.5. The van der Waals surface area contributed by atoms with Gasteiger partial charge in [0.25, 0.3) is 0 Å². The van der Waals surface area contributed by atoms with Crippen LogP contribution < -0.4 is 5.32 Å². The Hall–Kier alpha value is -0.310. The van der Waals surface area contributed by atoms with Gasteiger partial charge in [0, 0.05) is 11.1 Å². The molecule has 120 valence electrons. The van der Waals surface area contributed by atoms with Crippen LogP contribution in [0.15, 0.2) is 12.1 Å². The van der Waals surface area contributed by atoms with Gasteiger partial charge in [0.2, 0.25) is 0 Å². The zero-order valence-electron chi connectivity index (χ0n) is 13.2. The summed E-state index contributed by atoms with van der Waals surface area (Å²) in [6, 6.07) is 2.92. The molecule has 0 saturated heterocycles. The van der Waals surface area contributed by atoms with Crippen LogP contribution >= 0.6 is 23.2 Å². The maximum Gasteiger partial charge on any atom is 0.142 e. The van der Waals surface area contributed by atoms with E-state index in [1.807, 2.05) is 6.92 Å². The third-order valence-corrected chi connectivity index (χ3v) is 4.28. The minimum absolute atomic E-state index is 0.0277. The van der Waals surface area contributed by atoms with E-state index in [4.69, 9.17) is 23.2 Å². The summed E-state index contributed by atoms with van der Waals surface area (Å²) in [5.41, 5.74) is 0.762. The predicted octanol–water partition coefficient (Wildman–Crippen LogP) is 6.39. The van der Waals surface area contributed by atoms with E-state index < -0.39 is 5.82 Å². The summed E-state index contributed by atoms with van der Waals surface area (Å²) in [5.74, 6) is 0.378. The fourth-order valence-electron chi connectivity index (χ4n) is 2.33. The van der Waals surface area contributed by atoms with Crippen molar-refractivity contribution in [1.82, 2.24) is 5.32 Å². The highest BCUT2D eigenvalue weighted by Gasteiger charge is 2.12. The van der Waals surface area contributed by atoms with Crippen molar-refractivity contribution < 1.29 is 4.39 Å². The highest BCUT2D eigenvalue weighted by Crippen LogP contribution is 2.28. The second-order valence-corrected chi connectivity index (χ2v) is 6.87. The highest BCUT2D eigenvalue weighted by atomic mass is 35.5. The van der Waals surface area contributed by atoms with E-state index in [9.17, 15) is 4.39 Å². The van der Waals surface area contributed by atoms with E-state index in [1.165, 1.54) is 37.8 Å². The first kappa shape index (κ1) is 18.7. The van der Waals surface area contributed by atoms with Crippen molar-refractivity contribution in [2.75, 3.05) is 6.54 Å². The van der Waals surface area contributed by atoms with Gasteiger partial charge in [-0.25, -0.2) is 4.39 Å². The maximum atomic E-state index is 13.5. The Balaban J connectivity index is 2.28. The summed E-state index contributed by atoms with van der Waals surface area (Å²) in [6.45, 7) is 7.44. The molecule has 1 aromatic carbocycles. The van der Waals surface area contributed by atoms with E-state index >= 15 is 0 Å². The molecule has 1 aromatic rings. The van der Waals surface area contributed by atoms with Gasteiger partial charge in [0.1, 0.15) is 5.82 Å². The first-order valence-electron chi connectivity index (χ1n) is 7.79. The van der Waals surface area contributed by atoms with Crippen LogP contribution in [0.5, 0.6) is 0 Å². The van der Waals surface area contributed by atoms with Gasteiger partial charge in [-0.3, -0.25) is 0 Å². The molecular formula is C17H26Cl2FN. The number of unbranched alkanes of at least 4 members (excludes halogenated alkanes) is 3. The van der Waals surface area contributed by atoms with Crippen LogP contribution in [0.4, 0.5) is 4.39 Å². The molecule has 21 heavy (non-hydrogen) atoms. The number of hydrogen-bond acceptors (Lipinski definition) is 1. The fourth-order valence-corrected chi connectivity index (χ4v) is 2.88. The average Bonchev–Trinajstić information content (AvgIpc) is 2.41. The molecule has 0 radical (unpaired) electrons. The van der Waals surface area contributed by atoms with Crippen molar-refractivity contribution in [3.63, 3.8) is 0 Å². The number of hydrogen-bond donors (Lipinski definition) is 1. The topological polar surface area (TPSA) is 12.0 Å². The van der Waals surface area contributed by atoms with Crippen LogP contribution in [-0.4, -0.2) is 6.54 Å². The van der Waals surface area contributed by atoms with Gasteiger partial charge in [-0.1, -0.05) is 62.7 Å². The average molecular weight is 334 g/mol. The van der Waals surface area contributed by atoms with Crippen LogP contribution in [0.25, 0.3) is 0 Å². The van der Waals surface area contributed by atoms with E-state index in [0.29, 0.717) is 5.02 Å². The zero-order chi connectivity index (χ0) is 15.8. The molecule has 0 heterocycles. The lowest BCUT2D eigenvalue weighted by Crippen LogP contribution is -2.20. The lowest BCUT2D eigenvalue weighted by atomic mass is 10.0. The summed E-state index contributed by atoms with van der Waals surface area (Å²) in [5, 5.41) is 3.97. The number of benzene rings is 1. The molecule has 1 rings (SSSR count). The Kier molecular flexibility index (Phi) is 8.62. The van der Waals surface area contributed by atoms with Crippen LogP contribution in [0.3, 0.4) is 0 Å². The van der Waals surface area contributed by atoms with Gasteiger partial charge < -0.3 is 5.32 Å². The predicted molar refractivity (Wildman–Crippen MR) is 90.8 cm³/mol. The normalized spacial score (nSPS) is 12.9. The SMILES string of the molecule is CC(C)CCCCCCNC(C)c1cc(F)c(Cl)cc1Cl. The van der Waals surface area contributed by atoms with Gasteiger partial charge in [-0.15, -0.1) is 0 Å². The largest absolute Gasteiger partial charge is 0.310 e. The molecule has 0 aliphatic carbocycles. The molecule has 1 N–H and O–H groups in total. The highest BCUT2D eigenvalue weighted by molar-refractivity contribution is 6.35. The molecule has 0 amide bonds. The Morgan fingerprint density at radius 2 is 1.67 bits per heavy atom. The van der Waals surface area contributed by atoms with Crippen LogP contribution in [0.1, 0.15) is 64.5 Å². The molecule has 1 atom stereocenters. The molecule has 1 unspecified atom stereocenters. The van der Waals surface area contributed by atoms with Gasteiger partial charge in [-0.05, 0) is 43.5 Å². The second kappa shape index (κ2) is 9.66. The Bertz CT molecular complexity index is 435. The van der Waals surface area contributed by atoms with Crippen molar-refractivity contribution in [3.8, 4) is 0 Å². The summed E-state index contributed by atoms with van der Waals surface area (Å²) in [4.78, 5) is 0. The molecular weight excluding hydrogens is 308 g/mol. The van der Waals surface area contributed by atoms with Gasteiger partial charge in [0.15, 0.2) is 0 Å². The summed E-state index contributed by atoms with van der Waals surface area (Å²) in [6.07, 6.45) is 6.26. The minimum Gasteiger partial charge on any atom is -0.310 e. The third-order valence-electron chi connectivity index (χ3n) is 3.66. The van der Waals surface area contributed by atoms with Gasteiger partial charge >= 0.3 is 0 Å². The van der Waals surface area contributed by atoms with Crippen molar-refractivity contribution in [3.05, 3.63) is 33.6 Å². The Labute approximate surface area is 138 Å². The van der Waals surface area contributed by atoms with E-state index in [1.54, 1.807) is 0 Å². The minimum atomic E-state index is -0.418. The smallest absolute Gasteiger partial charge is 0.142 e. The molecule has 0 spiro atoms. The van der Waals surface area contributed by atoms with Crippen molar-refractivity contribution in [2.24, 2.45) is 5.92 Å². The molecule has 0 aromatic heterocycles. The Morgan fingerprint density at radius 1 is 1.00 bits per heavy atom. The molecule has 4 heteroatoms. The lowest BCUT2D eigenvalue weighted by Gasteiger charge is -2.16. The summed E-state index contributed by atoms with van der Waals surface area (Å²) in [7, 11) is 0. The summed E-state index contributed by atoms with van der Waals surface area (Å²) >= 11 is 11.8. The fraction of sp³-hybridized carbons (Fsp3) is 0.647. The van der Waals surface area contributed by atoms with E-state index in [-0.39, 0.29) is 11.1 Å². The maximum absolute atomic E-state index is 13.5.